The highest BCUT2D eigenvalue weighted by molar-refractivity contribution is 4.86. The van der Waals surface area contributed by atoms with Crippen molar-refractivity contribution in [2.75, 3.05) is 20.2 Å². The Morgan fingerprint density at radius 3 is 2.50 bits per heavy atom. The van der Waals surface area contributed by atoms with Gasteiger partial charge in [-0.1, -0.05) is 20.8 Å². The van der Waals surface area contributed by atoms with Gasteiger partial charge in [0, 0.05) is 19.7 Å². The minimum absolute atomic E-state index is 0.470. The SMILES string of the molecule is CCN1C[C@@H](OC)C[C@H]1C(C)C. The Morgan fingerprint density at radius 2 is 2.17 bits per heavy atom. The van der Waals surface area contributed by atoms with Gasteiger partial charge in [-0.3, -0.25) is 4.90 Å². The summed E-state index contributed by atoms with van der Waals surface area (Å²) in [6, 6.07) is 0.736. The molecule has 0 spiro atoms. The fourth-order valence-electron chi connectivity index (χ4n) is 2.12. The monoisotopic (exact) mass is 171 g/mol. The van der Waals surface area contributed by atoms with Gasteiger partial charge in [-0.25, -0.2) is 0 Å². The summed E-state index contributed by atoms with van der Waals surface area (Å²) in [6.45, 7) is 9.10. The number of hydrogen-bond acceptors (Lipinski definition) is 2. The molecule has 72 valence electrons. The van der Waals surface area contributed by atoms with Crippen molar-refractivity contribution in [2.24, 2.45) is 5.92 Å². The zero-order valence-electron chi connectivity index (χ0n) is 8.71. The topological polar surface area (TPSA) is 12.5 Å². The zero-order chi connectivity index (χ0) is 9.14. The molecular formula is C10H21NO. The summed E-state index contributed by atoms with van der Waals surface area (Å²) < 4.78 is 5.38. The molecule has 1 heterocycles. The molecule has 0 aromatic heterocycles. The molecule has 12 heavy (non-hydrogen) atoms. The summed E-state index contributed by atoms with van der Waals surface area (Å²) in [7, 11) is 1.82. The number of ether oxygens (including phenoxy) is 1. The Bertz CT molecular complexity index is 136. The van der Waals surface area contributed by atoms with Crippen LogP contribution in [0, 0.1) is 5.92 Å². The van der Waals surface area contributed by atoms with Crippen LogP contribution in [0.25, 0.3) is 0 Å². The van der Waals surface area contributed by atoms with Crippen LogP contribution in [0.1, 0.15) is 27.2 Å². The van der Waals surface area contributed by atoms with Gasteiger partial charge in [0.05, 0.1) is 6.10 Å². The molecule has 0 amide bonds. The second-order valence-corrected chi connectivity index (χ2v) is 3.99. The highest BCUT2D eigenvalue weighted by Crippen LogP contribution is 2.24. The Morgan fingerprint density at radius 1 is 1.50 bits per heavy atom. The van der Waals surface area contributed by atoms with Crippen molar-refractivity contribution in [1.82, 2.24) is 4.90 Å². The van der Waals surface area contributed by atoms with Crippen LogP contribution in [-0.4, -0.2) is 37.2 Å². The van der Waals surface area contributed by atoms with Crippen molar-refractivity contribution >= 4 is 0 Å². The van der Waals surface area contributed by atoms with Crippen molar-refractivity contribution in [3.63, 3.8) is 0 Å². The number of methoxy groups -OCH3 is 1. The Kier molecular flexibility index (Phi) is 3.53. The molecule has 1 saturated heterocycles. The third kappa shape index (κ3) is 1.99. The lowest BCUT2D eigenvalue weighted by Gasteiger charge is -2.25. The van der Waals surface area contributed by atoms with Crippen molar-refractivity contribution in [3.05, 3.63) is 0 Å². The van der Waals surface area contributed by atoms with Crippen molar-refractivity contribution in [3.8, 4) is 0 Å². The summed E-state index contributed by atoms with van der Waals surface area (Å²) in [4.78, 5) is 2.53. The number of rotatable bonds is 3. The Balaban J connectivity index is 2.50. The molecule has 0 aromatic rings. The highest BCUT2D eigenvalue weighted by Gasteiger charge is 2.32. The van der Waals surface area contributed by atoms with Gasteiger partial charge >= 0.3 is 0 Å². The predicted molar refractivity (Wildman–Crippen MR) is 51.3 cm³/mol. The minimum atomic E-state index is 0.470. The molecule has 0 aliphatic carbocycles. The predicted octanol–water partition coefficient (Wildman–Crippen LogP) is 1.75. The van der Waals surface area contributed by atoms with Gasteiger partial charge in [-0.15, -0.1) is 0 Å². The first-order chi connectivity index (χ1) is 5.69. The van der Waals surface area contributed by atoms with E-state index in [1.54, 1.807) is 0 Å². The van der Waals surface area contributed by atoms with Gasteiger partial charge in [0.25, 0.3) is 0 Å². The summed E-state index contributed by atoms with van der Waals surface area (Å²) in [5, 5.41) is 0. The minimum Gasteiger partial charge on any atom is -0.380 e. The standard InChI is InChI=1S/C10H21NO/c1-5-11-7-9(12-4)6-10(11)8(2)3/h8-10H,5-7H2,1-4H3/t9-,10-/m0/s1. The summed E-state index contributed by atoms with van der Waals surface area (Å²) >= 11 is 0. The smallest absolute Gasteiger partial charge is 0.0713 e. The lowest BCUT2D eigenvalue weighted by molar-refractivity contribution is 0.109. The molecule has 2 atom stereocenters. The number of hydrogen-bond donors (Lipinski definition) is 0. The van der Waals surface area contributed by atoms with E-state index >= 15 is 0 Å². The lowest BCUT2D eigenvalue weighted by Crippen LogP contribution is -2.33. The van der Waals surface area contributed by atoms with Gasteiger partial charge in [-0.05, 0) is 18.9 Å². The highest BCUT2D eigenvalue weighted by atomic mass is 16.5. The van der Waals surface area contributed by atoms with E-state index in [4.69, 9.17) is 4.74 Å². The Hall–Kier alpha value is -0.0800. The maximum Gasteiger partial charge on any atom is 0.0713 e. The summed E-state index contributed by atoms with van der Waals surface area (Å²) in [5.74, 6) is 0.755. The van der Waals surface area contributed by atoms with Gasteiger partial charge in [0.1, 0.15) is 0 Å². The largest absolute Gasteiger partial charge is 0.380 e. The lowest BCUT2D eigenvalue weighted by atomic mass is 10.0. The quantitative estimate of drug-likeness (QED) is 0.641. The molecule has 0 saturated carbocycles. The molecule has 1 aliphatic rings. The van der Waals surface area contributed by atoms with Crippen LogP contribution in [0.5, 0.6) is 0 Å². The van der Waals surface area contributed by atoms with Crippen LogP contribution in [-0.2, 0) is 4.74 Å². The van der Waals surface area contributed by atoms with Crippen LogP contribution in [0.3, 0.4) is 0 Å². The second-order valence-electron chi connectivity index (χ2n) is 3.99. The van der Waals surface area contributed by atoms with Gasteiger partial charge in [0.15, 0.2) is 0 Å². The first-order valence-corrected chi connectivity index (χ1v) is 4.95. The molecule has 1 aliphatic heterocycles. The molecule has 1 rings (SSSR count). The zero-order valence-corrected chi connectivity index (χ0v) is 8.71. The third-order valence-electron chi connectivity index (χ3n) is 2.92. The number of likely N-dealkylation sites (N-methyl/N-ethyl adjacent to an activating group) is 1. The fourth-order valence-corrected chi connectivity index (χ4v) is 2.12. The van der Waals surface area contributed by atoms with E-state index in [-0.39, 0.29) is 0 Å². The first kappa shape index (κ1) is 10.0. The van der Waals surface area contributed by atoms with Crippen LogP contribution >= 0.6 is 0 Å². The molecule has 0 unspecified atom stereocenters. The van der Waals surface area contributed by atoms with E-state index in [9.17, 15) is 0 Å². The molecule has 0 N–H and O–H groups in total. The average Bonchev–Trinajstić information content (AvgIpc) is 2.47. The second kappa shape index (κ2) is 4.24. The van der Waals surface area contributed by atoms with Gasteiger partial charge in [-0.2, -0.15) is 0 Å². The molecule has 2 heteroatoms. The normalized spacial score (nSPS) is 31.8. The molecule has 0 radical (unpaired) electrons. The van der Waals surface area contributed by atoms with Gasteiger partial charge < -0.3 is 4.74 Å². The van der Waals surface area contributed by atoms with E-state index in [0.717, 1.165) is 25.0 Å². The van der Waals surface area contributed by atoms with E-state index in [1.165, 1.54) is 6.42 Å². The first-order valence-electron chi connectivity index (χ1n) is 4.95. The van der Waals surface area contributed by atoms with Crippen LogP contribution < -0.4 is 0 Å². The van der Waals surface area contributed by atoms with Crippen molar-refractivity contribution in [1.29, 1.82) is 0 Å². The molecule has 0 aromatic carbocycles. The summed E-state index contributed by atoms with van der Waals surface area (Å²) in [5.41, 5.74) is 0. The van der Waals surface area contributed by atoms with Crippen LogP contribution in [0.2, 0.25) is 0 Å². The van der Waals surface area contributed by atoms with E-state index in [0.29, 0.717) is 6.10 Å². The van der Waals surface area contributed by atoms with Crippen molar-refractivity contribution < 1.29 is 4.74 Å². The average molecular weight is 171 g/mol. The van der Waals surface area contributed by atoms with Crippen LogP contribution in [0.15, 0.2) is 0 Å². The Labute approximate surface area is 75.9 Å². The fraction of sp³-hybridized carbons (Fsp3) is 1.00. The summed E-state index contributed by atoms with van der Waals surface area (Å²) in [6.07, 6.45) is 1.68. The molecule has 1 fully saturated rings. The van der Waals surface area contributed by atoms with E-state index < -0.39 is 0 Å². The van der Waals surface area contributed by atoms with Gasteiger partial charge in [0.2, 0.25) is 0 Å². The third-order valence-corrected chi connectivity index (χ3v) is 2.92. The maximum atomic E-state index is 5.38. The molecule has 2 nitrogen and oxygen atoms in total. The van der Waals surface area contributed by atoms with E-state index in [2.05, 4.69) is 25.7 Å². The molecule has 0 bridgehead atoms. The number of nitrogens with zero attached hydrogens (tertiary/aromatic N) is 1. The van der Waals surface area contributed by atoms with E-state index in [1.807, 2.05) is 7.11 Å². The van der Waals surface area contributed by atoms with Crippen LogP contribution in [0.4, 0.5) is 0 Å². The molecular weight excluding hydrogens is 150 g/mol. The van der Waals surface area contributed by atoms with Crippen molar-refractivity contribution in [2.45, 2.75) is 39.3 Å². The maximum absolute atomic E-state index is 5.38. The number of likely N-dealkylation sites (tertiary alicyclic amines) is 1.